The van der Waals surface area contributed by atoms with Gasteiger partial charge in [0.2, 0.25) is 5.91 Å². The largest absolute Gasteiger partial charge is 0.335 e. The first-order chi connectivity index (χ1) is 15.4. The van der Waals surface area contributed by atoms with Crippen molar-refractivity contribution in [1.29, 1.82) is 0 Å². The van der Waals surface area contributed by atoms with Crippen molar-refractivity contribution in [3.05, 3.63) is 77.1 Å². The molecule has 0 unspecified atom stereocenters. The Morgan fingerprint density at radius 1 is 0.938 bits per heavy atom. The predicted octanol–water partition coefficient (Wildman–Crippen LogP) is 3.19. The monoisotopic (exact) mass is 431 g/mol. The SMILES string of the molecule is Cc1cccc(NC(=O)CN2CCN(C(=O)c3cc(C)n(-c4ccccc4)n3)CC2)c1C. The van der Waals surface area contributed by atoms with Crippen molar-refractivity contribution in [3.8, 4) is 5.69 Å². The number of nitrogens with zero attached hydrogens (tertiary/aromatic N) is 4. The van der Waals surface area contributed by atoms with Crippen LogP contribution < -0.4 is 5.32 Å². The Labute approximate surface area is 188 Å². The van der Waals surface area contributed by atoms with Crippen LogP contribution in [0.1, 0.15) is 27.3 Å². The first kappa shape index (κ1) is 21.8. The smallest absolute Gasteiger partial charge is 0.274 e. The Kier molecular flexibility index (Phi) is 6.37. The van der Waals surface area contributed by atoms with E-state index in [0.717, 1.165) is 28.2 Å². The van der Waals surface area contributed by atoms with Gasteiger partial charge in [-0.25, -0.2) is 4.68 Å². The number of nitrogens with one attached hydrogen (secondary N) is 1. The molecule has 166 valence electrons. The molecule has 7 heteroatoms. The minimum atomic E-state index is -0.0673. The molecule has 4 rings (SSSR count). The van der Waals surface area contributed by atoms with Crippen molar-refractivity contribution in [1.82, 2.24) is 19.6 Å². The zero-order chi connectivity index (χ0) is 22.7. The lowest BCUT2D eigenvalue weighted by Crippen LogP contribution is -2.50. The second-order valence-corrected chi connectivity index (χ2v) is 8.28. The van der Waals surface area contributed by atoms with Gasteiger partial charge < -0.3 is 10.2 Å². The third kappa shape index (κ3) is 4.73. The Morgan fingerprint density at radius 2 is 1.66 bits per heavy atom. The molecular formula is C25H29N5O2. The van der Waals surface area contributed by atoms with Crippen LogP contribution in [0.5, 0.6) is 0 Å². The van der Waals surface area contributed by atoms with E-state index in [1.165, 1.54) is 0 Å². The Balaban J connectivity index is 1.32. The van der Waals surface area contributed by atoms with Crippen LogP contribution in [0.2, 0.25) is 0 Å². The fourth-order valence-electron chi connectivity index (χ4n) is 3.96. The average molecular weight is 432 g/mol. The molecule has 1 aromatic heterocycles. The summed E-state index contributed by atoms with van der Waals surface area (Å²) in [6.07, 6.45) is 0. The highest BCUT2D eigenvalue weighted by molar-refractivity contribution is 5.93. The molecule has 3 aromatic rings. The summed E-state index contributed by atoms with van der Waals surface area (Å²) in [4.78, 5) is 29.4. The molecule has 0 bridgehead atoms. The van der Waals surface area contributed by atoms with Crippen LogP contribution in [0.15, 0.2) is 54.6 Å². The minimum Gasteiger partial charge on any atom is -0.335 e. The molecule has 0 aliphatic carbocycles. The zero-order valence-electron chi connectivity index (χ0n) is 18.8. The molecule has 2 aromatic carbocycles. The highest BCUT2D eigenvalue weighted by atomic mass is 16.2. The lowest BCUT2D eigenvalue weighted by Gasteiger charge is -2.34. The number of aryl methyl sites for hydroxylation is 2. The molecule has 0 radical (unpaired) electrons. The second kappa shape index (κ2) is 9.36. The van der Waals surface area contributed by atoms with Gasteiger partial charge in [0.15, 0.2) is 5.69 Å². The summed E-state index contributed by atoms with van der Waals surface area (Å²) in [6, 6.07) is 17.5. The van der Waals surface area contributed by atoms with Crippen LogP contribution in [0.3, 0.4) is 0 Å². The van der Waals surface area contributed by atoms with Crippen LogP contribution in [0.25, 0.3) is 5.69 Å². The van der Waals surface area contributed by atoms with Crippen molar-refractivity contribution in [2.75, 3.05) is 38.0 Å². The lowest BCUT2D eigenvalue weighted by molar-refractivity contribution is -0.117. The van der Waals surface area contributed by atoms with Gasteiger partial charge in [0.25, 0.3) is 5.91 Å². The summed E-state index contributed by atoms with van der Waals surface area (Å²) in [7, 11) is 0. The van der Waals surface area contributed by atoms with Gasteiger partial charge in [-0.1, -0.05) is 30.3 Å². The Bertz CT molecular complexity index is 1110. The number of amides is 2. The number of anilines is 1. The van der Waals surface area contributed by atoms with Gasteiger partial charge in [-0.2, -0.15) is 5.10 Å². The van der Waals surface area contributed by atoms with E-state index in [1.54, 1.807) is 4.68 Å². The number of aromatic nitrogens is 2. The molecule has 7 nitrogen and oxygen atoms in total. The van der Waals surface area contributed by atoms with Crippen molar-refractivity contribution in [2.24, 2.45) is 0 Å². The highest BCUT2D eigenvalue weighted by Crippen LogP contribution is 2.18. The quantitative estimate of drug-likeness (QED) is 0.674. The number of rotatable bonds is 5. The fraction of sp³-hybridized carbons (Fsp3) is 0.320. The standard InChI is InChI=1S/C25H29N5O2/c1-18-8-7-11-22(20(18)3)26-24(31)17-28-12-14-29(15-13-28)25(32)23-16-19(2)30(27-23)21-9-5-4-6-10-21/h4-11,16H,12-15,17H2,1-3H3,(H,26,31). The van der Waals surface area contributed by atoms with Crippen LogP contribution in [-0.4, -0.2) is 64.1 Å². The third-order valence-corrected chi connectivity index (χ3v) is 6.01. The molecule has 1 aliphatic heterocycles. The molecule has 1 fully saturated rings. The first-order valence-corrected chi connectivity index (χ1v) is 10.9. The van der Waals surface area contributed by atoms with E-state index in [1.807, 2.05) is 80.3 Å². The van der Waals surface area contributed by atoms with E-state index in [0.29, 0.717) is 38.4 Å². The minimum absolute atomic E-state index is 0.0318. The maximum atomic E-state index is 13.0. The van der Waals surface area contributed by atoms with E-state index in [4.69, 9.17) is 0 Å². The molecule has 1 saturated heterocycles. The van der Waals surface area contributed by atoms with E-state index in [2.05, 4.69) is 15.3 Å². The number of para-hydroxylation sites is 1. The molecule has 2 heterocycles. The molecule has 1 aliphatic rings. The molecule has 0 spiro atoms. The fourth-order valence-corrected chi connectivity index (χ4v) is 3.96. The molecule has 2 amide bonds. The molecular weight excluding hydrogens is 402 g/mol. The van der Waals surface area contributed by atoms with E-state index in [-0.39, 0.29) is 11.8 Å². The summed E-state index contributed by atoms with van der Waals surface area (Å²) in [5.74, 6) is -0.0991. The number of carbonyl (C=O) groups is 2. The highest BCUT2D eigenvalue weighted by Gasteiger charge is 2.25. The Hall–Kier alpha value is -3.45. The third-order valence-electron chi connectivity index (χ3n) is 6.01. The van der Waals surface area contributed by atoms with Crippen molar-refractivity contribution in [3.63, 3.8) is 0 Å². The summed E-state index contributed by atoms with van der Waals surface area (Å²) in [5, 5.41) is 7.54. The molecule has 0 saturated carbocycles. The summed E-state index contributed by atoms with van der Waals surface area (Å²) in [5.41, 5.74) is 5.40. The summed E-state index contributed by atoms with van der Waals surface area (Å²) in [6.45, 7) is 8.77. The lowest BCUT2D eigenvalue weighted by atomic mass is 10.1. The van der Waals surface area contributed by atoms with E-state index in [9.17, 15) is 9.59 Å². The Morgan fingerprint density at radius 3 is 2.38 bits per heavy atom. The van der Waals surface area contributed by atoms with Gasteiger partial charge in [0.1, 0.15) is 0 Å². The normalized spacial score (nSPS) is 14.4. The molecule has 1 N–H and O–H groups in total. The van der Waals surface area contributed by atoms with Crippen LogP contribution in [0, 0.1) is 20.8 Å². The maximum Gasteiger partial charge on any atom is 0.274 e. The average Bonchev–Trinajstić information content (AvgIpc) is 3.19. The number of benzene rings is 2. The summed E-state index contributed by atoms with van der Waals surface area (Å²) < 4.78 is 1.79. The van der Waals surface area contributed by atoms with Crippen molar-refractivity contribution in [2.45, 2.75) is 20.8 Å². The number of hydrogen-bond donors (Lipinski definition) is 1. The van der Waals surface area contributed by atoms with Gasteiger partial charge >= 0.3 is 0 Å². The van der Waals surface area contributed by atoms with Crippen LogP contribution in [-0.2, 0) is 4.79 Å². The second-order valence-electron chi connectivity index (χ2n) is 8.28. The van der Waals surface area contributed by atoms with E-state index < -0.39 is 0 Å². The molecule has 0 atom stereocenters. The van der Waals surface area contributed by atoms with Crippen LogP contribution in [0.4, 0.5) is 5.69 Å². The van der Waals surface area contributed by atoms with Crippen LogP contribution >= 0.6 is 0 Å². The van der Waals surface area contributed by atoms with Crippen molar-refractivity contribution < 1.29 is 9.59 Å². The van der Waals surface area contributed by atoms with Gasteiger partial charge in [-0.3, -0.25) is 14.5 Å². The number of carbonyl (C=O) groups excluding carboxylic acids is 2. The van der Waals surface area contributed by atoms with Gasteiger partial charge in [0.05, 0.1) is 12.2 Å². The topological polar surface area (TPSA) is 70.5 Å². The van der Waals surface area contributed by atoms with Gasteiger partial charge in [-0.15, -0.1) is 0 Å². The first-order valence-electron chi connectivity index (χ1n) is 10.9. The zero-order valence-corrected chi connectivity index (χ0v) is 18.8. The van der Waals surface area contributed by atoms with E-state index >= 15 is 0 Å². The van der Waals surface area contributed by atoms with Gasteiger partial charge in [0, 0.05) is 37.6 Å². The van der Waals surface area contributed by atoms with Gasteiger partial charge in [-0.05, 0) is 56.2 Å². The predicted molar refractivity (Wildman–Crippen MR) is 125 cm³/mol. The number of hydrogen-bond acceptors (Lipinski definition) is 4. The number of piperazine rings is 1. The molecule has 32 heavy (non-hydrogen) atoms. The maximum absolute atomic E-state index is 13.0. The summed E-state index contributed by atoms with van der Waals surface area (Å²) >= 11 is 0. The van der Waals surface area contributed by atoms with Crippen molar-refractivity contribution >= 4 is 17.5 Å².